The Kier molecular flexibility index (Phi) is 4.82. The van der Waals surface area contributed by atoms with E-state index < -0.39 is 5.97 Å². The summed E-state index contributed by atoms with van der Waals surface area (Å²) in [4.78, 5) is 28.4. The van der Waals surface area contributed by atoms with Gasteiger partial charge >= 0.3 is 5.97 Å². The summed E-state index contributed by atoms with van der Waals surface area (Å²) in [5, 5.41) is 10.8. The Balaban J connectivity index is 2.33. The molecule has 0 radical (unpaired) electrons. The number of aromatic nitrogens is 1. The number of carboxylic acid groups (broad SMARTS) is 1. The number of carbonyl (C=O) groups excluding carboxylic acids is 1. The molecule has 1 aliphatic carbocycles. The van der Waals surface area contributed by atoms with Crippen LogP contribution in [0.1, 0.15) is 33.4 Å². The largest absolute Gasteiger partial charge is 0.481 e. The standard InChI is InChI=1S/C16H24N2O4S/c1-15(2)12(16(15,3)4)13(21)17-14-18(6-7-22-5)10(9-23-14)8-11(19)20/h9,12H,6-8H2,1-5H3,(H,19,20)/b17-14-. The highest BCUT2D eigenvalue weighted by Gasteiger charge is 2.68. The van der Waals surface area contributed by atoms with E-state index in [0.717, 1.165) is 0 Å². The number of hydrogen-bond acceptors (Lipinski definition) is 4. The molecule has 1 N–H and O–H groups in total. The van der Waals surface area contributed by atoms with Gasteiger partial charge < -0.3 is 14.4 Å². The second-order valence-electron chi connectivity index (χ2n) is 7.05. The lowest BCUT2D eigenvalue weighted by Crippen LogP contribution is -2.23. The smallest absolute Gasteiger partial charge is 0.309 e. The molecule has 23 heavy (non-hydrogen) atoms. The van der Waals surface area contributed by atoms with E-state index in [0.29, 0.717) is 23.6 Å². The average Bonchev–Trinajstić information content (AvgIpc) is 2.66. The molecule has 1 heterocycles. The fourth-order valence-corrected chi connectivity index (χ4v) is 4.07. The van der Waals surface area contributed by atoms with Crippen molar-refractivity contribution in [3.8, 4) is 0 Å². The van der Waals surface area contributed by atoms with Crippen LogP contribution in [0.2, 0.25) is 0 Å². The number of hydrogen-bond donors (Lipinski definition) is 1. The van der Waals surface area contributed by atoms with Crippen LogP contribution in [-0.2, 0) is 27.3 Å². The predicted molar refractivity (Wildman–Crippen MR) is 87.1 cm³/mol. The normalized spacial score (nSPS) is 19.8. The van der Waals surface area contributed by atoms with Gasteiger partial charge in [-0.15, -0.1) is 11.3 Å². The fourth-order valence-electron chi connectivity index (χ4n) is 3.14. The molecule has 2 rings (SSSR count). The molecule has 1 saturated carbocycles. The molecule has 0 aliphatic heterocycles. The Morgan fingerprint density at radius 2 is 1.96 bits per heavy atom. The minimum absolute atomic E-state index is 0.0634. The Labute approximate surface area is 139 Å². The van der Waals surface area contributed by atoms with Crippen molar-refractivity contribution in [3.63, 3.8) is 0 Å². The highest BCUT2D eigenvalue weighted by Crippen LogP contribution is 2.68. The maximum absolute atomic E-state index is 12.5. The molecule has 0 bridgehead atoms. The summed E-state index contributed by atoms with van der Waals surface area (Å²) in [5.41, 5.74) is 0.512. The van der Waals surface area contributed by atoms with E-state index in [1.165, 1.54) is 11.3 Å². The van der Waals surface area contributed by atoms with Crippen LogP contribution in [0.15, 0.2) is 10.4 Å². The molecular formula is C16H24N2O4S. The summed E-state index contributed by atoms with van der Waals surface area (Å²) in [6, 6.07) is 0. The minimum atomic E-state index is -0.906. The van der Waals surface area contributed by atoms with E-state index in [4.69, 9.17) is 9.84 Å². The van der Waals surface area contributed by atoms with Crippen molar-refractivity contribution < 1.29 is 19.4 Å². The maximum atomic E-state index is 12.5. The quantitative estimate of drug-likeness (QED) is 0.858. The van der Waals surface area contributed by atoms with Gasteiger partial charge in [-0.2, -0.15) is 4.99 Å². The zero-order chi connectivity index (χ0) is 17.4. The van der Waals surface area contributed by atoms with Gasteiger partial charge in [0.15, 0.2) is 4.80 Å². The van der Waals surface area contributed by atoms with Gasteiger partial charge in [-0.3, -0.25) is 9.59 Å². The van der Waals surface area contributed by atoms with Gasteiger partial charge in [0.1, 0.15) is 0 Å². The molecule has 0 atom stereocenters. The third kappa shape index (κ3) is 3.26. The summed E-state index contributed by atoms with van der Waals surface area (Å²) in [7, 11) is 1.58. The van der Waals surface area contributed by atoms with Gasteiger partial charge in [0, 0.05) is 24.7 Å². The predicted octanol–water partition coefficient (Wildman–Crippen LogP) is 1.93. The number of ether oxygens (including phenoxy) is 1. The lowest BCUT2D eigenvalue weighted by Gasteiger charge is -2.06. The second-order valence-corrected chi connectivity index (χ2v) is 7.89. The van der Waals surface area contributed by atoms with Crippen molar-refractivity contribution in [2.75, 3.05) is 13.7 Å². The summed E-state index contributed by atoms with van der Waals surface area (Å²) < 4.78 is 6.84. The van der Waals surface area contributed by atoms with E-state index in [-0.39, 0.29) is 29.1 Å². The van der Waals surface area contributed by atoms with Crippen molar-refractivity contribution in [1.29, 1.82) is 0 Å². The van der Waals surface area contributed by atoms with Crippen LogP contribution in [0.4, 0.5) is 0 Å². The molecule has 128 valence electrons. The Bertz CT molecular complexity index is 670. The van der Waals surface area contributed by atoms with Gasteiger partial charge in [0.2, 0.25) is 0 Å². The van der Waals surface area contributed by atoms with Crippen molar-refractivity contribution in [2.45, 2.75) is 40.7 Å². The summed E-state index contributed by atoms with van der Waals surface area (Å²) in [6.45, 7) is 9.22. The number of amides is 1. The van der Waals surface area contributed by atoms with Crippen LogP contribution in [0.25, 0.3) is 0 Å². The van der Waals surface area contributed by atoms with Gasteiger partial charge in [-0.25, -0.2) is 0 Å². The van der Waals surface area contributed by atoms with Crippen LogP contribution in [0, 0.1) is 16.7 Å². The van der Waals surface area contributed by atoms with Gasteiger partial charge in [-0.1, -0.05) is 27.7 Å². The number of methoxy groups -OCH3 is 1. The van der Waals surface area contributed by atoms with Crippen molar-refractivity contribution >= 4 is 23.2 Å². The molecule has 0 aromatic carbocycles. The van der Waals surface area contributed by atoms with Crippen LogP contribution in [0.5, 0.6) is 0 Å². The summed E-state index contributed by atoms with van der Waals surface area (Å²) in [5.74, 6) is -1.14. The number of thiazole rings is 1. The molecule has 7 heteroatoms. The lowest BCUT2D eigenvalue weighted by molar-refractivity contribution is -0.136. The molecule has 1 fully saturated rings. The first-order valence-corrected chi connectivity index (χ1v) is 8.47. The topological polar surface area (TPSA) is 80.9 Å². The number of nitrogens with zero attached hydrogens (tertiary/aromatic N) is 2. The third-order valence-electron chi connectivity index (χ3n) is 5.20. The first-order chi connectivity index (χ1) is 10.6. The minimum Gasteiger partial charge on any atom is -0.481 e. The van der Waals surface area contributed by atoms with Gasteiger partial charge in [-0.05, 0) is 10.8 Å². The monoisotopic (exact) mass is 340 g/mol. The SMILES string of the molecule is COCCn1c(CC(=O)O)cs/c1=N\C(=O)C1C(C)(C)C1(C)C. The average molecular weight is 340 g/mol. The summed E-state index contributed by atoms with van der Waals surface area (Å²) >= 11 is 1.30. The first kappa shape index (κ1) is 17.9. The van der Waals surface area contributed by atoms with Crippen molar-refractivity contribution in [1.82, 2.24) is 4.57 Å². The Morgan fingerprint density at radius 3 is 2.43 bits per heavy atom. The molecule has 6 nitrogen and oxygen atoms in total. The van der Waals surface area contributed by atoms with Crippen molar-refractivity contribution in [2.24, 2.45) is 21.7 Å². The highest BCUT2D eigenvalue weighted by atomic mass is 32.1. The maximum Gasteiger partial charge on any atom is 0.309 e. The molecule has 0 unspecified atom stereocenters. The summed E-state index contributed by atoms with van der Waals surface area (Å²) in [6.07, 6.45) is -0.0929. The molecule has 0 spiro atoms. The van der Waals surface area contributed by atoms with E-state index in [1.54, 1.807) is 17.1 Å². The molecule has 1 aromatic heterocycles. The van der Waals surface area contributed by atoms with Crippen LogP contribution < -0.4 is 4.80 Å². The zero-order valence-electron chi connectivity index (χ0n) is 14.3. The Hall–Kier alpha value is -1.47. The molecule has 1 amide bonds. The third-order valence-corrected chi connectivity index (χ3v) is 6.12. The van der Waals surface area contributed by atoms with Crippen LogP contribution >= 0.6 is 11.3 Å². The second kappa shape index (κ2) is 6.20. The fraction of sp³-hybridized carbons (Fsp3) is 0.688. The number of rotatable bonds is 6. The number of carboxylic acids is 1. The van der Waals surface area contributed by atoms with E-state index in [2.05, 4.69) is 32.7 Å². The number of carbonyl (C=O) groups is 2. The molecule has 1 aliphatic rings. The van der Waals surface area contributed by atoms with Crippen molar-refractivity contribution in [3.05, 3.63) is 15.9 Å². The zero-order valence-corrected chi connectivity index (χ0v) is 15.1. The molecule has 0 saturated heterocycles. The van der Waals surface area contributed by atoms with Gasteiger partial charge in [0.05, 0.1) is 18.9 Å². The first-order valence-electron chi connectivity index (χ1n) is 7.59. The number of aliphatic carboxylic acids is 1. The Morgan fingerprint density at radius 1 is 1.35 bits per heavy atom. The van der Waals surface area contributed by atoms with Crippen LogP contribution in [-0.4, -0.2) is 35.3 Å². The van der Waals surface area contributed by atoms with E-state index >= 15 is 0 Å². The van der Waals surface area contributed by atoms with E-state index in [1.807, 2.05) is 0 Å². The highest BCUT2D eigenvalue weighted by molar-refractivity contribution is 7.07. The lowest BCUT2D eigenvalue weighted by atomic mass is 10.0. The van der Waals surface area contributed by atoms with Crippen LogP contribution in [0.3, 0.4) is 0 Å². The van der Waals surface area contributed by atoms with E-state index in [9.17, 15) is 9.59 Å². The molecule has 1 aromatic rings. The van der Waals surface area contributed by atoms with Gasteiger partial charge in [0.25, 0.3) is 5.91 Å². The molecular weight excluding hydrogens is 316 g/mol.